The molecule has 0 aliphatic carbocycles. The van der Waals surface area contributed by atoms with Gasteiger partial charge in [-0.25, -0.2) is 0 Å². The van der Waals surface area contributed by atoms with Gasteiger partial charge in [-0.1, -0.05) is 0 Å². The van der Waals surface area contributed by atoms with Crippen LogP contribution >= 0.6 is 24.8 Å². The molecule has 17 heteroatoms. The second-order valence-corrected chi connectivity index (χ2v) is 7.98. The van der Waals surface area contributed by atoms with Gasteiger partial charge in [-0.15, -0.1) is 24.8 Å². The summed E-state index contributed by atoms with van der Waals surface area (Å²) in [6.07, 6.45) is -14.1. The monoisotopic (exact) mass is 592 g/mol. The summed E-state index contributed by atoms with van der Waals surface area (Å²) >= 11 is 0. The second-order valence-electron chi connectivity index (χ2n) is 7.98. The van der Waals surface area contributed by atoms with Crippen LogP contribution in [0.3, 0.4) is 0 Å². The standard InChI is InChI=1S/C20H44N2O13.2ClH/c21-1-3-33-5-7-35-8-6-34-4-2-22(9-13(25)17(29)19(31)15(27)11-23)10-14(26)18(30)20(32)16(28)12-24;;/h13-20,23-32H,1-12,21H2;2*1H. The number of aliphatic hydroxyl groups excluding tert-OH is 10. The van der Waals surface area contributed by atoms with Crippen LogP contribution in [0.4, 0.5) is 0 Å². The van der Waals surface area contributed by atoms with Crippen molar-refractivity contribution in [2.45, 2.75) is 48.8 Å². The fraction of sp³-hybridized carbons (Fsp3) is 1.00. The van der Waals surface area contributed by atoms with Gasteiger partial charge in [0.2, 0.25) is 0 Å². The van der Waals surface area contributed by atoms with E-state index in [1.807, 2.05) is 0 Å². The minimum absolute atomic E-state index is 0. The molecule has 12 N–H and O–H groups in total. The minimum Gasteiger partial charge on any atom is -0.394 e. The fourth-order valence-electron chi connectivity index (χ4n) is 2.95. The second kappa shape index (κ2) is 25.0. The molecule has 15 nitrogen and oxygen atoms in total. The number of nitrogens with two attached hydrogens (primary N) is 1. The molecule has 0 aliphatic heterocycles. The molecule has 0 aromatic heterocycles. The molecule has 0 heterocycles. The van der Waals surface area contributed by atoms with Crippen LogP contribution in [0.2, 0.25) is 0 Å². The van der Waals surface area contributed by atoms with Crippen molar-refractivity contribution in [3.63, 3.8) is 0 Å². The highest BCUT2D eigenvalue weighted by Crippen LogP contribution is 2.10. The normalized spacial score (nSPS) is 18.2. The third-order valence-electron chi connectivity index (χ3n) is 5.10. The van der Waals surface area contributed by atoms with Crippen LogP contribution in [-0.4, -0.2) is 184 Å². The van der Waals surface area contributed by atoms with E-state index in [0.29, 0.717) is 26.4 Å². The van der Waals surface area contributed by atoms with Gasteiger partial charge in [0.05, 0.1) is 65.1 Å². The molecule has 0 rings (SSSR count). The van der Waals surface area contributed by atoms with E-state index in [2.05, 4.69) is 0 Å². The molecule has 0 bridgehead atoms. The Bertz CT molecular complexity index is 477. The number of aliphatic hydroxyl groups is 10. The molecule has 37 heavy (non-hydrogen) atoms. The van der Waals surface area contributed by atoms with Gasteiger partial charge in [-0.2, -0.15) is 0 Å². The third-order valence-corrected chi connectivity index (χ3v) is 5.10. The number of halogens is 2. The molecule has 0 saturated carbocycles. The molecule has 0 amide bonds. The van der Waals surface area contributed by atoms with Crippen molar-refractivity contribution in [2.75, 3.05) is 79.0 Å². The highest BCUT2D eigenvalue weighted by Gasteiger charge is 2.34. The smallest absolute Gasteiger partial charge is 0.111 e. The number of hydrogen-bond acceptors (Lipinski definition) is 15. The van der Waals surface area contributed by atoms with E-state index in [9.17, 15) is 40.9 Å². The van der Waals surface area contributed by atoms with Crippen LogP contribution in [0.1, 0.15) is 0 Å². The molecular formula is C20H46Cl2N2O13. The van der Waals surface area contributed by atoms with Crippen molar-refractivity contribution in [3.05, 3.63) is 0 Å². The van der Waals surface area contributed by atoms with Crippen LogP contribution < -0.4 is 5.73 Å². The van der Waals surface area contributed by atoms with Crippen molar-refractivity contribution in [2.24, 2.45) is 5.73 Å². The van der Waals surface area contributed by atoms with E-state index in [4.69, 9.17) is 30.2 Å². The van der Waals surface area contributed by atoms with E-state index in [1.165, 1.54) is 4.90 Å². The lowest BCUT2D eigenvalue weighted by molar-refractivity contribution is -0.131. The molecule has 0 aromatic rings. The summed E-state index contributed by atoms with van der Waals surface area (Å²) in [5, 5.41) is 96.9. The highest BCUT2D eigenvalue weighted by molar-refractivity contribution is 5.85. The summed E-state index contributed by atoms with van der Waals surface area (Å²) in [6.45, 7) is -0.218. The lowest BCUT2D eigenvalue weighted by Gasteiger charge is -2.33. The van der Waals surface area contributed by atoms with Gasteiger partial charge in [-0.3, -0.25) is 4.90 Å². The van der Waals surface area contributed by atoms with E-state index in [-0.39, 0.29) is 64.3 Å². The maximum atomic E-state index is 10.3. The predicted octanol–water partition coefficient (Wildman–Crippen LogP) is -5.99. The predicted molar refractivity (Wildman–Crippen MR) is 135 cm³/mol. The Balaban J connectivity index is -0.00000578. The molecule has 0 radical (unpaired) electrons. The molecule has 8 atom stereocenters. The summed E-state index contributed by atoms with van der Waals surface area (Å²) in [5.74, 6) is 0. The van der Waals surface area contributed by atoms with Crippen LogP contribution in [0, 0.1) is 0 Å². The Kier molecular flexibility index (Phi) is 28.0. The molecule has 0 saturated heterocycles. The van der Waals surface area contributed by atoms with Crippen molar-refractivity contribution >= 4 is 24.8 Å². The van der Waals surface area contributed by atoms with Gasteiger partial charge >= 0.3 is 0 Å². The Labute approximate surface area is 228 Å². The first-order chi connectivity index (χ1) is 16.6. The number of ether oxygens (including phenoxy) is 3. The number of hydrogen-bond donors (Lipinski definition) is 11. The molecular weight excluding hydrogens is 547 g/mol. The summed E-state index contributed by atoms with van der Waals surface area (Å²) in [5.41, 5.74) is 5.29. The average Bonchev–Trinajstić information content (AvgIpc) is 2.86. The van der Waals surface area contributed by atoms with Gasteiger partial charge in [0, 0.05) is 26.2 Å². The molecule has 0 aromatic carbocycles. The van der Waals surface area contributed by atoms with Crippen molar-refractivity contribution < 1.29 is 65.3 Å². The zero-order valence-electron chi connectivity index (χ0n) is 20.6. The zero-order valence-corrected chi connectivity index (χ0v) is 22.3. The summed E-state index contributed by atoms with van der Waals surface area (Å²) in [7, 11) is 0. The highest BCUT2D eigenvalue weighted by atomic mass is 35.5. The van der Waals surface area contributed by atoms with E-state index in [1.54, 1.807) is 0 Å². The van der Waals surface area contributed by atoms with E-state index in [0.717, 1.165) is 0 Å². The lowest BCUT2D eigenvalue weighted by Crippen LogP contribution is -2.53. The molecule has 228 valence electrons. The van der Waals surface area contributed by atoms with Crippen molar-refractivity contribution in [1.82, 2.24) is 4.90 Å². The first kappa shape index (κ1) is 41.5. The maximum absolute atomic E-state index is 10.3. The summed E-state index contributed by atoms with van der Waals surface area (Å²) in [4.78, 5) is 1.35. The largest absolute Gasteiger partial charge is 0.394 e. The van der Waals surface area contributed by atoms with Gasteiger partial charge in [0.1, 0.15) is 36.6 Å². The Morgan fingerprint density at radius 2 is 0.838 bits per heavy atom. The first-order valence-electron chi connectivity index (χ1n) is 11.4. The number of nitrogens with zero attached hydrogens (tertiary/aromatic N) is 1. The summed E-state index contributed by atoms with van der Waals surface area (Å²) < 4.78 is 15.9. The van der Waals surface area contributed by atoms with Crippen LogP contribution in [-0.2, 0) is 14.2 Å². The van der Waals surface area contributed by atoms with Crippen molar-refractivity contribution in [1.29, 1.82) is 0 Å². The van der Waals surface area contributed by atoms with E-state index >= 15 is 0 Å². The van der Waals surface area contributed by atoms with Crippen LogP contribution in [0.25, 0.3) is 0 Å². The van der Waals surface area contributed by atoms with Gasteiger partial charge < -0.3 is 71.0 Å². The van der Waals surface area contributed by atoms with Crippen LogP contribution in [0.15, 0.2) is 0 Å². The Morgan fingerprint density at radius 3 is 1.19 bits per heavy atom. The van der Waals surface area contributed by atoms with Crippen LogP contribution in [0.5, 0.6) is 0 Å². The first-order valence-corrected chi connectivity index (χ1v) is 11.4. The lowest BCUT2D eigenvalue weighted by atomic mass is 10.0. The minimum atomic E-state index is -1.85. The van der Waals surface area contributed by atoms with Gasteiger partial charge in [-0.05, 0) is 0 Å². The quantitative estimate of drug-likeness (QED) is 0.0493. The van der Waals surface area contributed by atoms with Crippen molar-refractivity contribution in [3.8, 4) is 0 Å². The molecule has 0 spiro atoms. The molecule has 0 fully saturated rings. The maximum Gasteiger partial charge on any atom is 0.111 e. The Hall–Kier alpha value is -0.0200. The zero-order chi connectivity index (χ0) is 26.8. The van der Waals surface area contributed by atoms with Gasteiger partial charge in [0.15, 0.2) is 0 Å². The number of rotatable bonds is 23. The topological polar surface area (TPSA) is 259 Å². The average molecular weight is 593 g/mol. The fourth-order valence-corrected chi connectivity index (χ4v) is 2.95. The Morgan fingerprint density at radius 1 is 0.514 bits per heavy atom. The summed E-state index contributed by atoms with van der Waals surface area (Å²) in [6, 6.07) is 0. The molecule has 0 aliphatic rings. The SMILES string of the molecule is Cl.Cl.NCCOCCOCCOCCN(CC(O)C(O)C(O)C(O)CO)CC(O)C(O)C(O)C(O)CO. The molecule has 8 unspecified atom stereocenters. The van der Waals surface area contributed by atoms with E-state index < -0.39 is 62.0 Å². The van der Waals surface area contributed by atoms with Gasteiger partial charge in [0.25, 0.3) is 0 Å². The third kappa shape index (κ3) is 18.0.